The van der Waals surface area contributed by atoms with Crippen LogP contribution in [0.4, 0.5) is 4.39 Å². The van der Waals surface area contributed by atoms with Crippen LogP contribution < -0.4 is 0 Å². The largest absolute Gasteiger partial charge is 0.376 e. The molecule has 2 aliphatic heterocycles. The van der Waals surface area contributed by atoms with Gasteiger partial charge in [-0.1, -0.05) is 18.2 Å². The van der Waals surface area contributed by atoms with Crippen LogP contribution in [-0.2, 0) is 24.1 Å². The number of likely N-dealkylation sites (tertiary alicyclic amines) is 1. The molecule has 0 spiro atoms. The molecule has 1 amide bonds. The van der Waals surface area contributed by atoms with Crippen LogP contribution in [-0.4, -0.2) is 64.8 Å². The lowest BCUT2D eigenvalue weighted by molar-refractivity contribution is 0.0439. The van der Waals surface area contributed by atoms with Crippen LogP contribution in [0.5, 0.6) is 0 Å². The number of carbonyl (C=O) groups excluding carboxylic acids is 1. The number of piperidine rings is 1. The Labute approximate surface area is 189 Å². The van der Waals surface area contributed by atoms with E-state index in [-0.39, 0.29) is 17.8 Å². The van der Waals surface area contributed by atoms with Gasteiger partial charge in [-0.05, 0) is 70.0 Å². The number of fused-ring (bicyclic) bond motifs is 1. The van der Waals surface area contributed by atoms with Crippen molar-refractivity contribution >= 4 is 5.91 Å². The normalized spacial score (nSPS) is 21.7. The first-order chi connectivity index (χ1) is 15.7. The first-order valence-electron chi connectivity index (χ1n) is 12.1. The van der Waals surface area contributed by atoms with Crippen molar-refractivity contribution in [2.45, 2.75) is 57.6 Å². The molecule has 0 radical (unpaired) electrons. The van der Waals surface area contributed by atoms with Crippen LogP contribution in [0.3, 0.4) is 0 Å². The van der Waals surface area contributed by atoms with Crippen molar-refractivity contribution in [3.8, 4) is 0 Å². The average molecular weight is 441 g/mol. The number of benzene rings is 1. The molecule has 172 valence electrons. The molecule has 5 rings (SSSR count). The van der Waals surface area contributed by atoms with Crippen LogP contribution in [0.15, 0.2) is 24.3 Å². The number of rotatable bonds is 7. The lowest BCUT2D eigenvalue weighted by atomic mass is 9.95. The fraction of sp³-hybridized carbons (Fsp3) is 0.600. The van der Waals surface area contributed by atoms with Crippen molar-refractivity contribution in [3.05, 3.63) is 52.6 Å². The molecule has 32 heavy (non-hydrogen) atoms. The molecule has 1 N–H and O–H groups in total. The van der Waals surface area contributed by atoms with Crippen LogP contribution in [0.25, 0.3) is 0 Å². The van der Waals surface area contributed by atoms with Gasteiger partial charge >= 0.3 is 0 Å². The molecule has 1 atom stereocenters. The Morgan fingerprint density at radius 2 is 2.00 bits per heavy atom. The number of H-pyrrole nitrogens is 1. The number of carbonyl (C=O) groups is 1. The monoisotopic (exact) mass is 440 g/mol. The van der Waals surface area contributed by atoms with Gasteiger partial charge in [0, 0.05) is 43.1 Å². The summed E-state index contributed by atoms with van der Waals surface area (Å²) >= 11 is 0. The minimum atomic E-state index is -0.130. The van der Waals surface area contributed by atoms with Gasteiger partial charge in [0.25, 0.3) is 5.91 Å². The van der Waals surface area contributed by atoms with Gasteiger partial charge in [-0.25, -0.2) is 4.39 Å². The number of ether oxygens (including phenoxy) is 1. The summed E-state index contributed by atoms with van der Waals surface area (Å²) in [4.78, 5) is 17.8. The van der Waals surface area contributed by atoms with Crippen molar-refractivity contribution < 1.29 is 13.9 Å². The summed E-state index contributed by atoms with van der Waals surface area (Å²) in [6.07, 6.45) is 7.27. The molecule has 3 aliphatic rings. The van der Waals surface area contributed by atoms with Crippen molar-refractivity contribution in [1.29, 1.82) is 0 Å². The zero-order chi connectivity index (χ0) is 21.9. The highest BCUT2D eigenvalue weighted by Gasteiger charge is 2.31. The summed E-state index contributed by atoms with van der Waals surface area (Å²) in [7, 11) is 0. The predicted molar refractivity (Wildman–Crippen MR) is 120 cm³/mol. The Morgan fingerprint density at radius 1 is 1.16 bits per heavy atom. The molecular weight excluding hydrogens is 407 g/mol. The molecule has 1 aliphatic carbocycles. The van der Waals surface area contributed by atoms with Crippen LogP contribution >= 0.6 is 0 Å². The number of hydrogen-bond donors (Lipinski definition) is 1. The van der Waals surface area contributed by atoms with Gasteiger partial charge in [-0.2, -0.15) is 5.10 Å². The van der Waals surface area contributed by atoms with Crippen molar-refractivity contribution in [3.63, 3.8) is 0 Å². The van der Waals surface area contributed by atoms with Crippen LogP contribution in [0.2, 0.25) is 0 Å². The zero-order valence-corrected chi connectivity index (χ0v) is 18.7. The Balaban J connectivity index is 1.22. The van der Waals surface area contributed by atoms with Gasteiger partial charge in [0.15, 0.2) is 5.69 Å². The second-order valence-electron chi connectivity index (χ2n) is 9.54. The third-order valence-corrected chi connectivity index (χ3v) is 7.28. The van der Waals surface area contributed by atoms with E-state index in [2.05, 4.69) is 15.1 Å². The van der Waals surface area contributed by atoms with Crippen molar-refractivity contribution in [1.82, 2.24) is 20.0 Å². The highest BCUT2D eigenvalue weighted by atomic mass is 19.1. The van der Waals surface area contributed by atoms with E-state index in [1.807, 2.05) is 17.0 Å². The lowest BCUT2D eigenvalue weighted by Gasteiger charge is -2.35. The van der Waals surface area contributed by atoms with Gasteiger partial charge in [0.2, 0.25) is 0 Å². The molecule has 0 unspecified atom stereocenters. The Bertz CT molecular complexity index is 932. The van der Waals surface area contributed by atoms with Crippen LogP contribution in [0.1, 0.15) is 59.4 Å². The van der Waals surface area contributed by atoms with Crippen LogP contribution in [0, 0.1) is 11.7 Å². The Kier molecular flexibility index (Phi) is 6.55. The second-order valence-corrected chi connectivity index (χ2v) is 9.54. The summed E-state index contributed by atoms with van der Waals surface area (Å²) in [5.74, 6) is 0.368. The van der Waals surface area contributed by atoms with E-state index in [9.17, 15) is 9.18 Å². The van der Waals surface area contributed by atoms with E-state index in [4.69, 9.17) is 4.74 Å². The molecule has 0 bridgehead atoms. The number of halogens is 1. The Morgan fingerprint density at radius 3 is 2.78 bits per heavy atom. The number of aromatic nitrogens is 2. The number of aryl methyl sites for hydroxylation is 1. The first-order valence-corrected chi connectivity index (χ1v) is 12.1. The van der Waals surface area contributed by atoms with Gasteiger partial charge in [0.05, 0.1) is 6.10 Å². The highest BCUT2D eigenvalue weighted by Crippen LogP contribution is 2.27. The summed E-state index contributed by atoms with van der Waals surface area (Å²) in [5.41, 5.74) is 3.62. The fourth-order valence-electron chi connectivity index (χ4n) is 5.43. The maximum absolute atomic E-state index is 14.0. The van der Waals surface area contributed by atoms with Gasteiger partial charge in [0.1, 0.15) is 5.82 Å². The molecule has 2 aromatic rings. The smallest absolute Gasteiger partial charge is 0.274 e. The van der Waals surface area contributed by atoms with Gasteiger partial charge < -0.3 is 9.64 Å². The highest BCUT2D eigenvalue weighted by molar-refractivity contribution is 5.94. The maximum Gasteiger partial charge on any atom is 0.274 e. The number of amides is 1. The molecule has 2 saturated heterocycles. The van der Waals surface area contributed by atoms with Gasteiger partial charge in [-0.15, -0.1) is 0 Å². The molecule has 2 fully saturated rings. The standard InChI is InChI=1S/C25H33FN4O2/c26-22-8-2-1-5-19(22)16-29-12-10-18(11-13-29)15-30(17-20-6-4-14-32-20)25(31)24-21-7-3-9-23(21)27-28-24/h1-2,5,8,18,20H,3-4,6-7,9-17H2,(H,27,28)/t20-/m0/s1. The number of aromatic amines is 1. The van der Waals surface area contributed by atoms with E-state index >= 15 is 0 Å². The molecule has 7 heteroatoms. The molecule has 1 aromatic carbocycles. The molecule has 6 nitrogen and oxygen atoms in total. The second kappa shape index (κ2) is 9.71. The van der Waals surface area contributed by atoms with E-state index in [0.717, 1.165) is 88.0 Å². The van der Waals surface area contributed by atoms with Crippen molar-refractivity contribution in [2.75, 3.05) is 32.8 Å². The van der Waals surface area contributed by atoms with Crippen molar-refractivity contribution in [2.24, 2.45) is 5.92 Å². The van der Waals surface area contributed by atoms with E-state index in [0.29, 0.717) is 24.7 Å². The summed E-state index contributed by atoms with van der Waals surface area (Å²) in [6.45, 7) is 4.69. The van der Waals surface area contributed by atoms with E-state index < -0.39 is 0 Å². The quantitative estimate of drug-likeness (QED) is 0.715. The first kappa shape index (κ1) is 21.6. The SMILES string of the molecule is O=C(c1n[nH]c2c1CCC2)N(CC1CCN(Cc2ccccc2F)CC1)C[C@@H]1CCCO1. The third kappa shape index (κ3) is 4.74. The minimum Gasteiger partial charge on any atom is -0.376 e. The third-order valence-electron chi connectivity index (χ3n) is 7.28. The summed E-state index contributed by atoms with van der Waals surface area (Å²) in [5, 5.41) is 7.48. The van der Waals surface area contributed by atoms with E-state index in [1.165, 1.54) is 6.07 Å². The number of nitrogens with zero attached hydrogens (tertiary/aromatic N) is 3. The van der Waals surface area contributed by atoms with Gasteiger partial charge in [-0.3, -0.25) is 14.8 Å². The number of nitrogens with one attached hydrogen (secondary N) is 1. The maximum atomic E-state index is 14.0. The lowest BCUT2D eigenvalue weighted by Crippen LogP contribution is -2.44. The molecule has 3 heterocycles. The summed E-state index contributed by atoms with van der Waals surface area (Å²) < 4.78 is 19.9. The molecule has 1 aromatic heterocycles. The topological polar surface area (TPSA) is 61.5 Å². The molecule has 0 saturated carbocycles. The average Bonchev–Trinajstić information content (AvgIpc) is 3.54. The number of hydrogen-bond acceptors (Lipinski definition) is 4. The van der Waals surface area contributed by atoms with E-state index in [1.54, 1.807) is 6.07 Å². The zero-order valence-electron chi connectivity index (χ0n) is 18.7. The minimum absolute atomic E-state index is 0.0497. The predicted octanol–water partition coefficient (Wildman–Crippen LogP) is 3.57. The Hall–Kier alpha value is -2.25. The summed E-state index contributed by atoms with van der Waals surface area (Å²) in [6, 6.07) is 7.03. The fourth-order valence-corrected chi connectivity index (χ4v) is 5.43. The molecular formula is C25H33FN4O2.